The summed E-state index contributed by atoms with van der Waals surface area (Å²) in [6.07, 6.45) is 2.91. The minimum absolute atomic E-state index is 0.273. The van der Waals surface area contributed by atoms with Gasteiger partial charge in [0.05, 0.1) is 0 Å². The lowest BCUT2D eigenvalue weighted by atomic mass is 9.98. The maximum atomic E-state index is 13.1. The van der Waals surface area contributed by atoms with Gasteiger partial charge in [0.2, 0.25) is 5.95 Å². The summed E-state index contributed by atoms with van der Waals surface area (Å²) in [6.45, 7) is 5.91. The minimum Gasteiger partial charge on any atom is -0.352 e. The van der Waals surface area contributed by atoms with Gasteiger partial charge in [-0.25, -0.2) is 9.37 Å². The number of nitrogens with one attached hydrogen (secondary N) is 1. The molecule has 0 fully saturated rings. The van der Waals surface area contributed by atoms with Crippen LogP contribution in [0.2, 0.25) is 0 Å². The Bertz CT molecular complexity index is 456. The number of rotatable bonds is 3. The summed E-state index contributed by atoms with van der Waals surface area (Å²) in [4.78, 5) is 13.0. The van der Waals surface area contributed by atoms with Gasteiger partial charge >= 0.3 is 0 Å². The van der Waals surface area contributed by atoms with Gasteiger partial charge < -0.3 is 5.32 Å². The van der Waals surface area contributed by atoms with Gasteiger partial charge in [0.25, 0.3) is 0 Å². The fourth-order valence-corrected chi connectivity index (χ4v) is 1.95. The van der Waals surface area contributed by atoms with Crippen molar-refractivity contribution in [3.05, 3.63) is 17.7 Å². The van der Waals surface area contributed by atoms with E-state index in [0.29, 0.717) is 36.9 Å². The summed E-state index contributed by atoms with van der Waals surface area (Å²) in [5.74, 6) is 1.96. The topological polar surface area (TPSA) is 50.7 Å². The fraction of sp³-hybridized carbons (Fsp3) is 0.615. The Labute approximate surface area is 107 Å². The zero-order valence-corrected chi connectivity index (χ0v) is 11.1. The quantitative estimate of drug-likeness (QED) is 0.896. The molecular weight excluding hydrogens is 231 g/mol. The van der Waals surface area contributed by atoms with Crippen molar-refractivity contribution in [2.75, 3.05) is 5.32 Å². The largest absolute Gasteiger partial charge is 0.352 e. The molecule has 1 N–H and O–H groups in total. The van der Waals surface area contributed by atoms with Gasteiger partial charge in [-0.05, 0) is 45.6 Å². The van der Waals surface area contributed by atoms with Crippen molar-refractivity contribution in [2.45, 2.75) is 52.2 Å². The maximum Gasteiger partial charge on any atom is 0.226 e. The Hall–Kier alpha value is -1.52. The fourth-order valence-electron chi connectivity index (χ4n) is 1.95. The van der Waals surface area contributed by atoms with Crippen molar-refractivity contribution in [2.24, 2.45) is 0 Å². The van der Waals surface area contributed by atoms with E-state index in [1.54, 1.807) is 0 Å². The Kier molecular flexibility index (Phi) is 3.89. The highest BCUT2D eigenvalue weighted by Crippen LogP contribution is 2.26. The summed E-state index contributed by atoms with van der Waals surface area (Å²) in [6, 6.07) is 0.273. The molecule has 1 heterocycles. The van der Waals surface area contributed by atoms with Crippen LogP contribution >= 0.6 is 0 Å². The molecule has 1 aliphatic carbocycles. The van der Waals surface area contributed by atoms with E-state index in [2.05, 4.69) is 20.3 Å². The number of allylic oxidation sites excluding steroid dienone is 2. The highest BCUT2D eigenvalue weighted by atomic mass is 19.1. The Balaban J connectivity index is 2.25. The standard InChI is InChI=1S/C13H19FN4/c1-8(2)15-13-17-9(3)16-12(18-13)10-4-6-11(14)7-5-10/h4,8,11H,5-7H2,1-3H3,(H,15,16,17,18). The van der Waals surface area contributed by atoms with Crippen LogP contribution < -0.4 is 5.32 Å². The van der Waals surface area contributed by atoms with E-state index in [0.717, 1.165) is 5.57 Å². The van der Waals surface area contributed by atoms with Gasteiger partial charge in [0, 0.05) is 6.04 Å². The molecular formula is C13H19FN4. The van der Waals surface area contributed by atoms with E-state index in [1.165, 1.54) is 0 Å². The monoisotopic (exact) mass is 250 g/mol. The van der Waals surface area contributed by atoms with Gasteiger partial charge in [0.15, 0.2) is 5.82 Å². The van der Waals surface area contributed by atoms with Gasteiger partial charge in [-0.2, -0.15) is 9.97 Å². The lowest BCUT2D eigenvalue weighted by Gasteiger charge is -2.16. The van der Waals surface area contributed by atoms with Crippen LogP contribution in [0.4, 0.5) is 10.3 Å². The summed E-state index contributed by atoms with van der Waals surface area (Å²) < 4.78 is 13.1. The first-order chi connectivity index (χ1) is 8.54. The lowest BCUT2D eigenvalue weighted by Crippen LogP contribution is -2.15. The first kappa shape index (κ1) is 12.9. The first-order valence-electron chi connectivity index (χ1n) is 6.37. The average Bonchev–Trinajstić information content (AvgIpc) is 2.28. The molecule has 1 atom stereocenters. The highest BCUT2D eigenvalue weighted by molar-refractivity contribution is 5.61. The third-order valence-corrected chi connectivity index (χ3v) is 2.80. The van der Waals surface area contributed by atoms with Gasteiger partial charge in [-0.1, -0.05) is 6.08 Å². The molecule has 4 nitrogen and oxygen atoms in total. The molecule has 0 saturated carbocycles. The van der Waals surface area contributed by atoms with Crippen LogP contribution in [0.3, 0.4) is 0 Å². The smallest absolute Gasteiger partial charge is 0.226 e. The van der Waals surface area contributed by atoms with Crippen molar-refractivity contribution in [3.63, 3.8) is 0 Å². The van der Waals surface area contributed by atoms with E-state index < -0.39 is 6.17 Å². The molecule has 18 heavy (non-hydrogen) atoms. The molecule has 0 saturated heterocycles. The number of aryl methyl sites for hydroxylation is 1. The number of halogens is 1. The summed E-state index contributed by atoms with van der Waals surface area (Å²) in [7, 11) is 0. The Morgan fingerprint density at radius 3 is 2.72 bits per heavy atom. The van der Waals surface area contributed by atoms with Crippen molar-refractivity contribution in [1.29, 1.82) is 0 Å². The first-order valence-corrected chi connectivity index (χ1v) is 6.37. The van der Waals surface area contributed by atoms with Crippen LogP contribution in [0.5, 0.6) is 0 Å². The normalized spacial score (nSPS) is 19.8. The predicted molar refractivity (Wildman–Crippen MR) is 70.0 cm³/mol. The summed E-state index contributed by atoms with van der Waals surface area (Å²) in [5, 5.41) is 3.17. The number of anilines is 1. The number of hydrogen-bond donors (Lipinski definition) is 1. The van der Waals surface area contributed by atoms with E-state index in [4.69, 9.17) is 0 Å². The minimum atomic E-state index is -0.718. The van der Waals surface area contributed by atoms with Crippen LogP contribution in [0.15, 0.2) is 6.08 Å². The molecule has 98 valence electrons. The average molecular weight is 250 g/mol. The van der Waals surface area contributed by atoms with Crippen molar-refractivity contribution < 1.29 is 4.39 Å². The van der Waals surface area contributed by atoms with E-state index >= 15 is 0 Å². The number of nitrogens with zero attached hydrogens (tertiary/aromatic N) is 3. The van der Waals surface area contributed by atoms with E-state index in [9.17, 15) is 4.39 Å². The van der Waals surface area contributed by atoms with E-state index in [1.807, 2.05) is 26.8 Å². The van der Waals surface area contributed by atoms with Crippen LogP contribution in [0, 0.1) is 6.92 Å². The second-order valence-corrected chi connectivity index (χ2v) is 4.93. The summed E-state index contributed by atoms with van der Waals surface area (Å²) in [5.41, 5.74) is 1.03. The van der Waals surface area contributed by atoms with Crippen molar-refractivity contribution in [1.82, 2.24) is 15.0 Å². The predicted octanol–water partition coefficient (Wildman–Crippen LogP) is 2.91. The molecule has 0 bridgehead atoms. The zero-order chi connectivity index (χ0) is 13.1. The molecule has 0 aliphatic heterocycles. The zero-order valence-electron chi connectivity index (χ0n) is 11.1. The Morgan fingerprint density at radius 1 is 1.33 bits per heavy atom. The Morgan fingerprint density at radius 2 is 2.11 bits per heavy atom. The number of alkyl halides is 1. The number of aromatic nitrogens is 3. The summed E-state index contributed by atoms with van der Waals surface area (Å²) >= 11 is 0. The third kappa shape index (κ3) is 3.24. The lowest BCUT2D eigenvalue weighted by molar-refractivity contribution is 0.314. The van der Waals surface area contributed by atoms with Crippen LogP contribution in [0.25, 0.3) is 5.57 Å². The van der Waals surface area contributed by atoms with Crippen LogP contribution in [0.1, 0.15) is 44.8 Å². The second kappa shape index (κ2) is 5.42. The molecule has 0 radical (unpaired) electrons. The molecule has 0 spiro atoms. The molecule has 1 aliphatic rings. The third-order valence-electron chi connectivity index (χ3n) is 2.80. The van der Waals surface area contributed by atoms with Gasteiger partial charge in [-0.15, -0.1) is 0 Å². The molecule has 0 amide bonds. The molecule has 1 aromatic heterocycles. The van der Waals surface area contributed by atoms with Crippen molar-refractivity contribution in [3.8, 4) is 0 Å². The molecule has 5 heteroatoms. The van der Waals surface area contributed by atoms with E-state index in [-0.39, 0.29) is 6.04 Å². The second-order valence-electron chi connectivity index (χ2n) is 4.93. The molecule has 2 rings (SSSR count). The highest BCUT2D eigenvalue weighted by Gasteiger charge is 2.17. The molecule has 1 aromatic rings. The van der Waals surface area contributed by atoms with Crippen LogP contribution in [-0.4, -0.2) is 27.2 Å². The molecule has 0 aromatic carbocycles. The van der Waals surface area contributed by atoms with Gasteiger partial charge in [-0.3, -0.25) is 0 Å². The van der Waals surface area contributed by atoms with Gasteiger partial charge in [0.1, 0.15) is 12.0 Å². The van der Waals surface area contributed by atoms with Crippen LogP contribution in [-0.2, 0) is 0 Å². The van der Waals surface area contributed by atoms with Crippen molar-refractivity contribution >= 4 is 11.5 Å². The number of hydrogen-bond acceptors (Lipinski definition) is 4. The molecule has 1 unspecified atom stereocenters. The maximum absolute atomic E-state index is 13.1. The SMILES string of the molecule is Cc1nc(NC(C)C)nc(C2=CCC(F)CC2)n1.